The minimum atomic E-state index is -0.655. The van der Waals surface area contributed by atoms with E-state index in [1.54, 1.807) is 12.1 Å². The Bertz CT molecular complexity index is 1370. The van der Waals surface area contributed by atoms with Gasteiger partial charge in [0.2, 0.25) is 11.8 Å². The van der Waals surface area contributed by atoms with Crippen molar-refractivity contribution >= 4 is 17.7 Å². The summed E-state index contributed by atoms with van der Waals surface area (Å²) in [6.45, 7) is 2.57. The third kappa shape index (κ3) is 4.07. The number of benzene rings is 2. The second-order valence-corrected chi connectivity index (χ2v) is 9.73. The SMILES string of the molecule is O=C1CCC(N2Cc3cc(-c4cc(CN5CC(c6ccccc6)C5)c(F)cn4)ccc3C2=O)C(=O)N1. The molecule has 8 heteroatoms. The molecule has 0 saturated carbocycles. The first-order chi connectivity index (χ1) is 17.5. The lowest BCUT2D eigenvalue weighted by Crippen LogP contribution is -2.52. The van der Waals surface area contributed by atoms with Crippen LogP contribution in [0.5, 0.6) is 0 Å². The van der Waals surface area contributed by atoms with E-state index in [1.165, 1.54) is 16.7 Å². The van der Waals surface area contributed by atoms with Gasteiger partial charge >= 0.3 is 0 Å². The first-order valence-electron chi connectivity index (χ1n) is 12.2. The highest BCUT2D eigenvalue weighted by Gasteiger charge is 2.39. The van der Waals surface area contributed by atoms with Crippen molar-refractivity contribution in [1.29, 1.82) is 0 Å². The molecule has 3 amide bonds. The maximum absolute atomic E-state index is 14.6. The van der Waals surface area contributed by atoms with Gasteiger partial charge in [-0.3, -0.25) is 29.6 Å². The van der Waals surface area contributed by atoms with Crippen molar-refractivity contribution in [2.45, 2.75) is 37.9 Å². The minimum absolute atomic E-state index is 0.215. The largest absolute Gasteiger partial charge is 0.322 e. The Kier molecular flexibility index (Phi) is 5.60. The lowest BCUT2D eigenvalue weighted by atomic mass is 9.91. The van der Waals surface area contributed by atoms with Gasteiger partial charge in [0.05, 0.1) is 11.9 Å². The van der Waals surface area contributed by atoms with Crippen LogP contribution in [0.1, 0.15) is 45.8 Å². The number of pyridine rings is 1. The van der Waals surface area contributed by atoms with Gasteiger partial charge in [0.25, 0.3) is 5.91 Å². The second kappa shape index (κ2) is 8.95. The van der Waals surface area contributed by atoms with Crippen molar-refractivity contribution in [3.8, 4) is 11.3 Å². The molecular formula is C28H25FN4O3. The van der Waals surface area contributed by atoms with E-state index < -0.39 is 11.9 Å². The van der Waals surface area contributed by atoms with E-state index in [9.17, 15) is 18.8 Å². The van der Waals surface area contributed by atoms with Gasteiger partial charge in [0.15, 0.2) is 0 Å². The summed E-state index contributed by atoms with van der Waals surface area (Å²) < 4.78 is 14.6. The van der Waals surface area contributed by atoms with Crippen LogP contribution in [-0.2, 0) is 22.7 Å². The van der Waals surface area contributed by atoms with Crippen LogP contribution in [0.2, 0.25) is 0 Å². The van der Waals surface area contributed by atoms with E-state index in [4.69, 9.17) is 0 Å². The number of halogens is 1. The monoisotopic (exact) mass is 484 g/mol. The topological polar surface area (TPSA) is 82.6 Å². The van der Waals surface area contributed by atoms with Crippen molar-refractivity contribution < 1.29 is 18.8 Å². The summed E-state index contributed by atoms with van der Waals surface area (Å²) in [6.07, 6.45) is 1.79. The quantitative estimate of drug-likeness (QED) is 0.563. The molecule has 1 atom stereocenters. The molecule has 2 saturated heterocycles. The molecule has 6 rings (SSSR count). The molecule has 3 aromatic rings. The van der Waals surface area contributed by atoms with Crippen LogP contribution >= 0.6 is 0 Å². The first-order valence-corrected chi connectivity index (χ1v) is 12.2. The average Bonchev–Trinajstić information content (AvgIpc) is 3.18. The number of hydrogen-bond acceptors (Lipinski definition) is 5. The summed E-state index contributed by atoms with van der Waals surface area (Å²) in [5.74, 6) is -0.823. The van der Waals surface area contributed by atoms with Gasteiger partial charge in [-0.2, -0.15) is 0 Å². The van der Waals surface area contributed by atoms with E-state index in [2.05, 4.69) is 27.3 Å². The molecular weight excluding hydrogens is 459 g/mol. The number of carbonyl (C=O) groups excluding carboxylic acids is 3. The van der Waals surface area contributed by atoms with Crippen LogP contribution in [0, 0.1) is 5.82 Å². The molecule has 3 aliphatic heterocycles. The van der Waals surface area contributed by atoms with Crippen molar-refractivity contribution in [1.82, 2.24) is 20.1 Å². The number of rotatable bonds is 5. The molecule has 1 aromatic heterocycles. The Balaban J connectivity index is 1.17. The van der Waals surface area contributed by atoms with Crippen LogP contribution in [-0.4, -0.2) is 51.6 Å². The zero-order valence-corrected chi connectivity index (χ0v) is 19.6. The molecule has 0 bridgehead atoms. The summed E-state index contributed by atoms with van der Waals surface area (Å²) in [5.41, 5.74) is 4.67. The number of piperidine rings is 1. The van der Waals surface area contributed by atoms with Crippen LogP contribution in [0.25, 0.3) is 11.3 Å². The number of hydrogen-bond donors (Lipinski definition) is 1. The Morgan fingerprint density at radius 1 is 1.03 bits per heavy atom. The number of carbonyl (C=O) groups is 3. The number of fused-ring (bicyclic) bond motifs is 1. The normalized spacial score (nSPS) is 20.3. The third-order valence-corrected chi connectivity index (χ3v) is 7.38. The van der Waals surface area contributed by atoms with Crippen molar-refractivity contribution in [2.75, 3.05) is 13.1 Å². The highest BCUT2D eigenvalue weighted by atomic mass is 19.1. The Hall–Kier alpha value is -3.91. The summed E-state index contributed by atoms with van der Waals surface area (Å²) in [5, 5.41) is 2.32. The second-order valence-electron chi connectivity index (χ2n) is 9.73. The molecule has 182 valence electrons. The Morgan fingerprint density at radius 3 is 2.61 bits per heavy atom. The van der Waals surface area contributed by atoms with Crippen LogP contribution in [0.4, 0.5) is 4.39 Å². The number of amides is 3. The van der Waals surface area contributed by atoms with Gasteiger partial charge in [0, 0.05) is 55.2 Å². The van der Waals surface area contributed by atoms with Gasteiger partial charge in [-0.15, -0.1) is 0 Å². The fourth-order valence-corrected chi connectivity index (χ4v) is 5.37. The molecule has 2 fully saturated rings. The minimum Gasteiger partial charge on any atom is -0.322 e. The van der Waals surface area contributed by atoms with Gasteiger partial charge in [-0.05, 0) is 35.7 Å². The first kappa shape index (κ1) is 22.5. The number of nitrogens with zero attached hydrogens (tertiary/aromatic N) is 3. The average molecular weight is 485 g/mol. The lowest BCUT2D eigenvalue weighted by molar-refractivity contribution is -0.136. The standard InChI is InChI=1S/C28H25FN4O3/c29-23-12-30-24(11-20(23)13-32-14-21(15-32)17-4-2-1-3-5-17)18-6-7-22-19(10-18)16-33(28(22)36)25-8-9-26(34)31-27(25)35/h1-7,10-12,21,25H,8-9,13-16H2,(H,31,34,35). The molecule has 7 nitrogen and oxygen atoms in total. The van der Waals surface area contributed by atoms with Crippen LogP contribution in [0.15, 0.2) is 60.8 Å². The number of imide groups is 1. The van der Waals surface area contributed by atoms with E-state index in [0.29, 0.717) is 35.7 Å². The summed E-state index contributed by atoms with van der Waals surface area (Å²) >= 11 is 0. The molecule has 3 aliphatic rings. The predicted octanol–water partition coefficient (Wildman–Crippen LogP) is 3.25. The molecule has 1 N–H and O–H groups in total. The van der Waals surface area contributed by atoms with Gasteiger partial charge in [-0.25, -0.2) is 4.39 Å². The van der Waals surface area contributed by atoms with E-state index in [-0.39, 0.29) is 30.6 Å². The summed E-state index contributed by atoms with van der Waals surface area (Å²) in [4.78, 5) is 44.8. The molecule has 0 spiro atoms. The van der Waals surface area contributed by atoms with Crippen LogP contribution in [0.3, 0.4) is 0 Å². The smallest absolute Gasteiger partial charge is 0.255 e. The molecule has 0 radical (unpaired) electrons. The fourth-order valence-electron chi connectivity index (χ4n) is 5.37. The van der Waals surface area contributed by atoms with Crippen molar-refractivity contribution in [3.63, 3.8) is 0 Å². The third-order valence-electron chi connectivity index (χ3n) is 7.38. The zero-order chi connectivity index (χ0) is 24.8. The highest BCUT2D eigenvalue weighted by molar-refractivity contribution is 6.05. The molecule has 1 unspecified atom stereocenters. The van der Waals surface area contributed by atoms with Gasteiger partial charge in [0.1, 0.15) is 11.9 Å². The van der Waals surface area contributed by atoms with Crippen molar-refractivity contribution in [3.05, 3.63) is 88.9 Å². The molecule has 4 heterocycles. The maximum atomic E-state index is 14.6. The Labute approximate surface area is 207 Å². The van der Waals surface area contributed by atoms with E-state index in [1.807, 2.05) is 30.3 Å². The molecule has 0 aliphatic carbocycles. The highest BCUT2D eigenvalue weighted by Crippen LogP contribution is 2.32. The number of aromatic nitrogens is 1. The lowest BCUT2D eigenvalue weighted by Gasteiger charge is -2.39. The zero-order valence-electron chi connectivity index (χ0n) is 19.6. The molecule has 36 heavy (non-hydrogen) atoms. The van der Waals surface area contributed by atoms with Gasteiger partial charge < -0.3 is 4.90 Å². The maximum Gasteiger partial charge on any atom is 0.255 e. The number of nitrogens with one attached hydrogen (secondary N) is 1. The van der Waals surface area contributed by atoms with Crippen LogP contribution < -0.4 is 5.32 Å². The molecule has 2 aromatic carbocycles. The van der Waals surface area contributed by atoms with Crippen molar-refractivity contribution in [2.24, 2.45) is 0 Å². The summed E-state index contributed by atoms with van der Waals surface area (Å²) in [7, 11) is 0. The fraction of sp³-hybridized carbons (Fsp3) is 0.286. The summed E-state index contributed by atoms with van der Waals surface area (Å²) in [6, 6.07) is 16.9. The Morgan fingerprint density at radius 2 is 1.83 bits per heavy atom. The van der Waals surface area contributed by atoms with E-state index in [0.717, 1.165) is 24.2 Å². The van der Waals surface area contributed by atoms with E-state index >= 15 is 0 Å². The van der Waals surface area contributed by atoms with Gasteiger partial charge in [-0.1, -0.05) is 36.4 Å². The predicted molar refractivity (Wildman–Crippen MR) is 130 cm³/mol. The number of likely N-dealkylation sites (tertiary alicyclic amines) is 1.